The van der Waals surface area contributed by atoms with E-state index in [9.17, 15) is 19.8 Å². The van der Waals surface area contributed by atoms with Crippen LogP contribution in [0.5, 0.6) is 0 Å². The highest BCUT2D eigenvalue weighted by Crippen LogP contribution is 2.53. The lowest BCUT2D eigenvalue weighted by Crippen LogP contribution is -2.31. The largest absolute Gasteiger partial charge is 0.481 e. The Morgan fingerprint density at radius 1 is 1.08 bits per heavy atom. The van der Waals surface area contributed by atoms with Crippen molar-refractivity contribution >= 4 is 17.6 Å². The summed E-state index contributed by atoms with van der Waals surface area (Å²) in [7, 11) is 0. The molecule has 0 spiro atoms. The molecule has 2 N–H and O–H groups in total. The minimum atomic E-state index is -1.02. The van der Waals surface area contributed by atoms with Crippen LogP contribution in [0.2, 0.25) is 0 Å². The van der Waals surface area contributed by atoms with Crippen molar-refractivity contribution in [1.82, 2.24) is 0 Å². The second kappa shape index (κ2) is 6.59. The van der Waals surface area contributed by atoms with Gasteiger partial charge in [0.25, 0.3) is 0 Å². The number of aliphatic carboxylic acids is 1. The standard InChI is InChI=1S/C20H21NO4/c1-3-21-15-11-7-10-14(20(24)25)17(15)16(12(2)19(22)23)18(21)13-8-5-4-6-9-13/h4-12,16,18H,3H2,1-2H3,(H,22,23)(H,24,25). The number of carbonyl (C=O) groups is 2. The molecule has 0 aromatic heterocycles. The summed E-state index contributed by atoms with van der Waals surface area (Å²) in [5.74, 6) is -3.08. The van der Waals surface area contributed by atoms with E-state index in [-0.39, 0.29) is 11.6 Å². The number of fused-ring (bicyclic) bond motifs is 1. The molecule has 130 valence electrons. The highest BCUT2D eigenvalue weighted by molar-refractivity contribution is 5.93. The van der Waals surface area contributed by atoms with Gasteiger partial charge in [-0.1, -0.05) is 43.3 Å². The molecule has 5 heteroatoms. The first-order valence-electron chi connectivity index (χ1n) is 8.38. The average molecular weight is 339 g/mol. The van der Waals surface area contributed by atoms with Gasteiger partial charge in [0.15, 0.2) is 0 Å². The summed E-state index contributed by atoms with van der Waals surface area (Å²) >= 11 is 0. The molecule has 1 heterocycles. The van der Waals surface area contributed by atoms with Crippen LogP contribution in [-0.4, -0.2) is 28.7 Å². The maximum atomic E-state index is 11.8. The van der Waals surface area contributed by atoms with Crippen molar-refractivity contribution in [3.8, 4) is 0 Å². The number of likely N-dealkylation sites (N-methyl/N-ethyl adjacent to an activating group) is 1. The summed E-state index contributed by atoms with van der Waals surface area (Å²) in [5.41, 5.74) is 2.62. The number of hydrogen-bond donors (Lipinski definition) is 2. The predicted octanol–water partition coefficient (Wildman–Crippen LogP) is 3.77. The van der Waals surface area contributed by atoms with E-state index in [0.717, 1.165) is 11.3 Å². The van der Waals surface area contributed by atoms with Crippen molar-refractivity contribution in [2.75, 3.05) is 11.4 Å². The molecule has 2 aromatic carbocycles. The lowest BCUT2D eigenvalue weighted by atomic mass is 9.79. The van der Waals surface area contributed by atoms with Crippen LogP contribution in [0.25, 0.3) is 0 Å². The molecule has 0 saturated carbocycles. The summed E-state index contributed by atoms with van der Waals surface area (Å²) in [6.07, 6.45) is 0. The Labute approximate surface area is 146 Å². The average Bonchev–Trinajstić information content (AvgIpc) is 2.95. The minimum absolute atomic E-state index is 0.187. The molecule has 3 unspecified atom stereocenters. The van der Waals surface area contributed by atoms with Crippen molar-refractivity contribution < 1.29 is 19.8 Å². The van der Waals surface area contributed by atoms with Crippen molar-refractivity contribution in [3.05, 3.63) is 65.2 Å². The van der Waals surface area contributed by atoms with Gasteiger partial charge in [-0.2, -0.15) is 0 Å². The second-order valence-corrected chi connectivity index (χ2v) is 6.34. The van der Waals surface area contributed by atoms with Crippen molar-refractivity contribution in [1.29, 1.82) is 0 Å². The van der Waals surface area contributed by atoms with Gasteiger partial charge in [0.2, 0.25) is 0 Å². The summed E-state index contributed by atoms with van der Waals surface area (Å²) < 4.78 is 0. The van der Waals surface area contributed by atoms with E-state index in [0.29, 0.717) is 12.1 Å². The third-order valence-corrected chi connectivity index (χ3v) is 5.04. The number of hydrogen-bond acceptors (Lipinski definition) is 3. The van der Waals surface area contributed by atoms with Crippen molar-refractivity contribution in [2.24, 2.45) is 5.92 Å². The summed E-state index contributed by atoms with van der Waals surface area (Å²) in [4.78, 5) is 25.7. The number of benzene rings is 2. The fraction of sp³-hybridized carbons (Fsp3) is 0.300. The molecule has 3 atom stereocenters. The molecule has 0 radical (unpaired) electrons. The topological polar surface area (TPSA) is 77.8 Å². The summed E-state index contributed by atoms with van der Waals surface area (Å²) in [5, 5.41) is 19.3. The molecule has 3 rings (SSSR count). The molecule has 0 bridgehead atoms. The van der Waals surface area contributed by atoms with Crippen LogP contribution < -0.4 is 4.90 Å². The van der Waals surface area contributed by atoms with Crippen molar-refractivity contribution in [2.45, 2.75) is 25.8 Å². The number of anilines is 1. The third kappa shape index (κ3) is 2.76. The van der Waals surface area contributed by atoms with Crippen LogP contribution in [0.4, 0.5) is 5.69 Å². The summed E-state index contributed by atoms with van der Waals surface area (Å²) in [6, 6.07) is 14.7. The van der Waals surface area contributed by atoms with Gasteiger partial charge in [0.05, 0.1) is 17.5 Å². The Balaban J connectivity index is 2.26. The quantitative estimate of drug-likeness (QED) is 0.867. The molecule has 1 aliphatic heterocycles. The van der Waals surface area contributed by atoms with Crippen molar-refractivity contribution in [3.63, 3.8) is 0 Å². The van der Waals surface area contributed by atoms with Gasteiger partial charge in [-0.05, 0) is 30.2 Å². The molecular weight excluding hydrogens is 318 g/mol. The number of carboxylic acids is 2. The predicted molar refractivity (Wildman–Crippen MR) is 95.1 cm³/mol. The zero-order valence-electron chi connectivity index (χ0n) is 14.2. The molecule has 0 amide bonds. The summed E-state index contributed by atoms with van der Waals surface area (Å²) in [6.45, 7) is 4.32. The van der Waals surface area contributed by atoms with Gasteiger partial charge in [-0.25, -0.2) is 4.79 Å². The van der Waals surface area contributed by atoms with E-state index in [1.165, 1.54) is 0 Å². The first-order chi connectivity index (χ1) is 12.0. The van der Waals surface area contributed by atoms with Crippen LogP contribution in [0.15, 0.2) is 48.5 Å². The molecule has 5 nitrogen and oxygen atoms in total. The molecule has 2 aromatic rings. The highest BCUT2D eigenvalue weighted by atomic mass is 16.4. The third-order valence-electron chi connectivity index (χ3n) is 5.04. The lowest BCUT2D eigenvalue weighted by molar-refractivity contribution is -0.142. The fourth-order valence-corrected chi connectivity index (χ4v) is 3.92. The molecule has 0 aliphatic carbocycles. The SMILES string of the molecule is CCN1c2cccc(C(=O)O)c2C(C(C)C(=O)O)C1c1ccccc1. The smallest absolute Gasteiger partial charge is 0.336 e. The number of nitrogens with zero attached hydrogens (tertiary/aromatic N) is 1. The molecule has 0 saturated heterocycles. The van der Waals surface area contributed by atoms with Crippen LogP contribution in [0, 0.1) is 5.92 Å². The van der Waals surface area contributed by atoms with Gasteiger partial charge in [0, 0.05) is 18.2 Å². The van der Waals surface area contributed by atoms with Gasteiger partial charge in [0.1, 0.15) is 0 Å². The number of rotatable bonds is 5. The zero-order chi connectivity index (χ0) is 18.1. The van der Waals surface area contributed by atoms with E-state index in [1.54, 1.807) is 19.1 Å². The van der Waals surface area contributed by atoms with Crippen LogP contribution in [0.1, 0.15) is 47.3 Å². The Morgan fingerprint density at radius 2 is 1.76 bits per heavy atom. The van der Waals surface area contributed by atoms with Gasteiger partial charge < -0.3 is 15.1 Å². The van der Waals surface area contributed by atoms with Gasteiger partial charge in [-0.15, -0.1) is 0 Å². The van der Waals surface area contributed by atoms with Gasteiger partial charge >= 0.3 is 11.9 Å². The fourth-order valence-electron chi connectivity index (χ4n) is 3.92. The molecule has 1 aliphatic rings. The Morgan fingerprint density at radius 3 is 2.32 bits per heavy atom. The van der Waals surface area contributed by atoms with E-state index >= 15 is 0 Å². The molecule has 0 fully saturated rings. The first-order valence-corrected chi connectivity index (χ1v) is 8.38. The van der Waals surface area contributed by atoms with Crippen LogP contribution >= 0.6 is 0 Å². The van der Waals surface area contributed by atoms with Gasteiger partial charge in [-0.3, -0.25) is 4.79 Å². The van der Waals surface area contributed by atoms with Crippen LogP contribution in [0.3, 0.4) is 0 Å². The number of aromatic carboxylic acids is 1. The second-order valence-electron chi connectivity index (χ2n) is 6.34. The van der Waals surface area contributed by atoms with E-state index in [4.69, 9.17) is 0 Å². The number of carboxylic acid groups (broad SMARTS) is 2. The molecule has 25 heavy (non-hydrogen) atoms. The Hall–Kier alpha value is -2.82. The maximum absolute atomic E-state index is 11.8. The lowest BCUT2D eigenvalue weighted by Gasteiger charge is -2.31. The van der Waals surface area contributed by atoms with Crippen LogP contribution in [-0.2, 0) is 4.79 Å². The Kier molecular flexibility index (Phi) is 4.49. The Bertz CT molecular complexity index is 803. The maximum Gasteiger partial charge on any atom is 0.336 e. The monoisotopic (exact) mass is 339 g/mol. The first kappa shape index (κ1) is 17.0. The minimum Gasteiger partial charge on any atom is -0.481 e. The molecular formula is C20H21NO4. The van der Waals surface area contributed by atoms with E-state index in [2.05, 4.69) is 4.90 Å². The normalized spacial score (nSPS) is 20.2. The van der Waals surface area contributed by atoms with E-state index in [1.807, 2.05) is 43.3 Å². The van der Waals surface area contributed by atoms with E-state index < -0.39 is 23.8 Å². The highest BCUT2D eigenvalue weighted by Gasteiger charge is 2.45. The zero-order valence-corrected chi connectivity index (χ0v) is 14.2.